The van der Waals surface area contributed by atoms with Crippen LogP contribution in [0.25, 0.3) is 23.5 Å². The number of aliphatic imine (C=N–C) groups is 1. The van der Waals surface area contributed by atoms with Gasteiger partial charge in [0.2, 0.25) is 0 Å². The number of likely N-dealkylation sites (N-methyl/N-ethyl adjacent to an activating group) is 2. The lowest BCUT2D eigenvalue weighted by molar-refractivity contribution is 0.346. The van der Waals surface area contributed by atoms with Crippen LogP contribution in [0.1, 0.15) is 58.4 Å². The number of unbranched alkanes of at least 4 members (excludes halogenated alkanes) is 1. The van der Waals surface area contributed by atoms with Crippen molar-refractivity contribution in [2.45, 2.75) is 59.8 Å². The second kappa shape index (κ2) is 15.7. The Morgan fingerprint density at radius 1 is 1.24 bits per heavy atom. The first kappa shape index (κ1) is 33.1. The topological polar surface area (TPSA) is 91.8 Å². The van der Waals surface area contributed by atoms with Gasteiger partial charge in [-0.2, -0.15) is 0 Å². The number of nitrogen functional groups attached to an aromatic ring is 1. The number of rotatable bonds is 9. The number of amidine groups is 1. The van der Waals surface area contributed by atoms with Crippen molar-refractivity contribution in [1.82, 2.24) is 14.5 Å². The van der Waals surface area contributed by atoms with Crippen LogP contribution in [0.2, 0.25) is 0 Å². The van der Waals surface area contributed by atoms with Crippen molar-refractivity contribution in [3.8, 4) is 11.3 Å². The van der Waals surface area contributed by atoms with Crippen molar-refractivity contribution in [3.05, 3.63) is 55.6 Å². The lowest BCUT2D eigenvalue weighted by Crippen LogP contribution is -2.42. The smallest absolute Gasteiger partial charge is 0.260 e. The van der Waals surface area contributed by atoms with E-state index in [4.69, 9.17) is 10.7 Å². The zero-order valence-corrected chi connectivity index (χ0v) is 27.5. The van der Waals surface area contributed by atoms with Gasteiger partial charge >= 0.3 is 0 Å². The Kier molecular flexibility index (Phi) is 12.4. The number of aryl methyl sites for hydroxylation is 1. The number of nitrogens with two attached hydrogens (primary N) is 1. The van der Waals surface area contributed by atoms with Crippen LogP contribution in [0.5, 0.6) is 0 Å². The predicted octanol–water partition coefficient (Wildman–Crippen LogP) is 5.05. The molecule has 3 N–H and O–H groups in total. The minimum Gasteiger partial charge on any atom is -0.397 e. The third-order valence-corrected chi connectivity index (χ3v) is 8.19. The van der Waals surface area contributed by atoms with Gasteiger partial charge in [0.1, 0.15) is 5.84 Å². The van der Waals surface area contributed by atoms with E-state index in [1.54, 1.807) is 23.3 Å². The SMILES string of the molecule is CC1CCC1.CCC/C=c1/c(=C\N=C(C)Nc2cc(N)c(N(C)CCN(C)C)cc2C)cc(-c2cscn2)c(=O)n1C. The van der Waals surface area contributed by atoms with Crippen molar-refractivity contribution in [2.24, 2.45) is 18.0 Å². The summed E-state index contributed by atoms with van der Waals surface area (Å²) in [7, 11) is 7.99. The molecule has 0 unspecified atom stereocenters. The maximum atomic E-state index is 13.0. The van der Waals surface area contributed by atoms with Crippen LogP contribution >= 0.6 is 11.3 Å². The Balaban J connectivity index is 0.000000873. The van der Waals surface area contributed by atoms with Gasteiger partial charge in [-0.3, -0.25) is 4.79 Å². The number of nitrogens with one attached hydrogen (secondary N) is 1. The largest absolute Gasteiger partial charge is 0.397 e. The number of hydrogen-bond acceptors (Lipinski definition) is 7. The monoisotopic (exact) mass is 591 g/mol. The highest BCUT2D eigenvalue weighted by atomic mass is 32.1. The first-order valence-electron chi connectivity index (χ1n) is 14.9. The second-order valence-corrected chi connectivity index (χ2v) is 12.3. The van der Waals surface area contributed by atoms with Gasteiger partial charge in [0.15, 0.2) is 0 Å². The van der Waals surface area contributed by atoms with Crippen LogP contribution in [0.4, 0.5) is 17.1 Å². The molecular formula is C33H49N7OS. The number of hydrogen-bond donors (Lipinski definition) is 2. The highest BCUT2D eigenvalue weighted by Gasteiger charge is 2.11. The van der Waals surface area contributed by atoms with Crippen LogP contribution in [0.3, 0.4) is 0 Å². The number of benzene rings is 1. The van der Waals surface area contributed by atoms with E-state index >= 15 is 0 Å². The Morgan fingerprint density at radius 3 is 2.52 bits per heavy atom. The normalized spacial score (nSPS) is 14.5. The van der Waals surface area contributed by atoms with Crippen molar-refractivity contribution in [1.29, 1.82) is 0 Å². The molecule has 0 atom stereocenters. The highest BCUT2D eigenvalue weighted by Crippen LogP contribution is 2.29. The van der Waals surface area contributed by atoms with E-state index in [-0.39, 0.29) is 5.56 Å². The van der Waals surface area contributed by atoms with Gasteiger partial charge in [-0.05, 0) is 64.0 Å². The molecule has 0 spiro atoms. The van der Waals surface area contributed by atoms with Crippen LogP contribution < -0.4 is 32.1 Å². The molecule has 0 aliphatic heterocycles. The number of nitrogens with zero attached hydrogens (tertiary/aromatic N) is 5. The molecule has 1 aliphatic rings. The molecule has 4 rings (SSSR count). The molecule has 1 saturated carbocycles. The number of pyridine rings is 1. The Labute approximate surface area is 255 Å². The molecular weight excluding hydrogens is 542 g/mol. The van der Waals surface area contributed by atoms with Crippen molar-refractivity contribution in [3.63, 3.8) is 0 Å². The van der Waals surface area contributed by atoms with E-state index in [0.717, 1.165) is 65.2 Å². The second-order valence-electron chi connectivity index (χ2n) is 11.6. The first-order chi connectivity index (χ1) is 20.0. The lowest BCUT2D eigenvalue weighted by atomic mass is 9.88. The molecule has 8 nitrogen and oxygen atoms in total. The third-order valence-electron chi connectivity index (χ3n) is 7.60. The maximum absolute atomic E-state index is 13.0. The molecule has 1 aliphatic carbocycles. The molecule has 0 amide bonds. The zero-order valence-electron chi connectivity index (χ0n) is 26.7. The van der Waals surface area contributed by atoms with Crippen molar-refractivity contribution >= 4 is 46.5 Å². The molecule has 228 valence electrons. The first-order valence-corrected chi connectivity index (χ1v) is 15.8. The summed E-state index contributed by atoms with van der Waals surface area (Å²) in [6.07, 6.45) is 10.2. The van der Waals surface area contributed by atoms with E-state index in [1.807, 2.05) is 24.4 Å². The summed E-state index contributed by atoms with van der Waals surface area (Å²) in [5.41, 5.74) is 13.1. The van der Waals surface area contributed by atoms with Gasteiger partial charge in [0.05, 0.1) is 28.1 Å². The van der Waals surface area contributed by atoms with E-state index in [2.05, 4.69) is 74.2 Å². The molecule has 0 radical (unpaired) electrons. The average molecular weight is 592 g/mol. The van der Waals surface area contributed by atoms with Gasteiger partial charge < -0.3 is 25.4 Å². The third kappa shape index (κ3) is 9.03. The number of anilines is 3. The van der Waals surface area contributed by atoms with Crippen molar-refractivity contribution < 1.29 is 0 Å². The molecule has 42 heavy (non-hydrogen) atoms. The molecule has 1 aromatic carbocycles. The van der Waals surface area contributed by atoms with Gasteiger partial charge in [-0.1, -0.05) is 45.6 Å². The summed E-state index contributed by atoms with van der Waals surface area (Å²) in [6.45, 7) is 10.2. The fraction of sp³-hybridized carbons (Fsp3) is 0.485. The molecule has 0 saturated heterocycles. The molecule has 1 fully saturated rings. The van der Waals surface area contributed by atoms with Gasteiger partial charge in [0, 0.05) is 55.0 Å². The summed E-state index contributed by atoms with van der Waals surface area (Å²) in [4.78, 5) is 26.4. The summed E-state index contributed by atoms with van der Waals surface area (Å²) < 4.78 is 1.69. The summed E-state index contributed by atoms with van der Waals surface area (Å²) in [5, 5.41) is 7.00. The average Bonchev–Trinajstić information content (AvgIpc) is 3.47. The molecule has 3 aromatic rings. The van der Waals surface area contributed by atoms with Gasteiger partial charge in [-0.15, -0.1) is 11.3 Å². The quantitative estimate of drug-likeness (QED) is 0.206. The molecule has 2 aromatic heterocycles. The van der Waals surface area contributed by atoms with Crippen LogP contribution in [-0.2, 0) is 7.05 Å². The zero-order chi connectivity index (χ0) is 30.8. The molecule has 0 bridgehead atoms. The minimum atomic E-state index is -0.0639. The Bertz CT molecular complexity index is 1520. The Morgan fingerprint density at radius 2 is 1.95 bits per heavy atom. The van der Waals surface area contributed by atoms with Crippen LogP contribution in [0, 0.1) is 12.8 Å². The Hall–Kier alpha value is -3.43. The predicted molar refractivity (Wildman–Crippen MR) is 183 cm³/mol. The summed E-state index contributed by atoms with van der Waals surface area (Å²) in [5.74, 6) is 1.79. The highest BCUT2D eigenvalue weighted by molar-refractivity contribution is 7.07. The van der Waals surface area contributed by atoms with E-state index in [0.29, 0.717) is 16.9 Å². The summed E-state index contributed by atoms with van der Waals surface area (Å²) >= 11 is 1.47. The number of thiazole rings is 1. The lowest BCUT2D eigenvalue weighted by Gasteiger charge is -2.24. The van der Waals surface area contributed by atoms with Crippen LogP contribution in [-0.4, -0.2) is 54.5 Å². The molecule has 9 heteroatoms. The van der Waals surface area contributed by atoms with Crippen molar-refractivity contribution in [2.75, 3.05) is 50.2 Å². The maximum Gasteiger partial charge on any atom is 0.260 e. The fourth-order valence-electron chi connectivity index (χ4n) is 4.59. The fourth-order valence-corrected chi connectivity index (χ4v) is 5.15. The standard InChI is InChI=1S/C28H39N7OS.C5H10/c1-8-9-10-26-21(14-22(28(36)35(26)7)25-17-37-18-31-25)16-30-20(3)32-24-15-23(29)27(13-19(24)2)34(6)12-11-33(4)5;1-5-3-2-4-5/h10,13-18H,8-9,11-12,29H2,1-7H3,(H,30,32);5H,2-4H2,1H3/b21-16-,26-10-;. The minimum absolute atomic E-state index is 0.0639. The van der Waals surface area contributed by atoms with E-state index in [1.165, 1.54) is 30.6 Å². The summed E-state index contributed by atoms with van der Waals surface area (Å²) in [6, 6.07) is 5.95. The van der Waals surface area contributed by atoms with Gasteiger partial charge in [0.25, 0.3) is 5.56 Å². The van der Waals surface area contributed by atoms with E-state index in [9.17, 15) is 4.79 Å². The van der Waals surface area contributed by atoms with E-state index < -0.39 is 0 Å². The van der Waals surface area contributed by atoms with Crippen LogP contribution in [0.15, 0.2) is 38.9 Å². The number of aromatic nitrogens is 2. The molecule has 2 heterocycles. The van der Waals surface area contributed by atoms with Gasteiger partial charge in [-0.25, -0.2) is 9.98 Å².